The molecular weight excluding hydrogens is 295 g/mol. The minimum absolute atomic E-state index is 0.308. The maximum absolute atomic E-state index is 9.76. The lowest BCUT2D eigenvalue weighted by atomic mass is 10.1. The molecule has 1 unspecified atom stereocenters. The summed E-state index contributed by atoms with van der Waals surface area (Å²) in [6, 6.07) is 11.0. The van der Waals surface area contributed by atoms with Gasteiger partial charge in [0, 0.05) is 21.2 Å². The average molecular weight is 311 g/mol. The highest BCUT2D eigenvalue weighted by molar-refractivity contribution is 6.33. The van der Waals surface area contributed by atoms with E-state index in [1.165, 1.54) is 0 Å². The molecule has 2 aromatic carbocycles. The highest BCUT2D eigenvalue weighted by atomic mass is 35.5. The zero-order valence-electron chi connectivity index (χ0n) is 11.4. The standard InChI is InChI=1S/C16H16Cl2O2/c1-10-3-5-14(11(2)19)16(7-10)20-9-12-8-13(17)4-6-15(12)18/h3-8,11,19H,9H2,1-2H3. The average Bonchev–Trinajstić information content (AvgIpc) is 2.39. The molecule has 2 nitrogen and oxygen atoms in total. The minimum Gasteiger partial charge on any atom is -0.488 e. The fourth-order valence-electron chi connectivity index (χ4n) is 1.92. The summed E-state index contributed by atoms with van der Waals surface area (Å²) >= 11 is 12.1. The Labute approximate surface area is 128 Å². The summed E-state index contributed by atoms with van der Waals surface area (Å²) in [6.45, 7) is 4.00. The van der Waals surface area contributed by atoms with Crippen LogP contribution in [0, 0.1) is 6.92 Å². The molecule has 106 valence electrons. The smallest absolute Gasteiger partial charge is 0.125 e. The molecule has 1 atom stereocenters. The molecule has 2 aromatic rings. The molecule has 0 amide bonds. The Kier molecular flexibility index (Phi) is 4.92. The second kappa shape index (κ2) is 6.49. The van der Waals surface area contributed by atoms with E-state index in [0.717, 1.165) is 16.7 Å². The van der Waals surface area contributed by atoms with E-state index < -0.39 is 6.10 Å². The number of hydrogen-bond acceptors (Lipinski definition) is 2. The van der Waals surface area contributed by atoms with E-state index in [9.17, 15) is 5.11 Å². The van der Waals surface area contributed by atoms with Crippen molar-refractivity contribution in [3.8, 4) is 5.75 Å². The van der Waals surface area contributed by atoms with Crippen molar-refractivity contribution in [1.82, 2.24) is 0 Å². The number of aryl methyl sites for hydroxylation is 1. The summed E-state index contributed by atoms with van der Waals surface area (Å²) < 4.78 is 5.80. The van der Waals surface area contributed by atoms with Gasteiger partial charge < -0.3 is 9.84 Å². The van der Waals surface area contributed by atoms with E-state index in [1.54, 1.807) is 25.1 Å². The van der Waals surface area contributed by atoms with Gasteiger partial charge in [0.15, 0.2) is 0 Å². The normalized spacial score (nSPS) is 12.2. The molecule has 1 N–H and O–H groups in total. The van der Waals surface area contributed by atoms with Gasteiger partial charge in [-0.1, -0.05) is 35.3 Å². The van der Waals surface area contributed by atoms with Gasteiger partial charge in [0.1, 0.15) is 12.4 Å². The summed E-state index contributed by atoms with van der Waals surface area (Å²) in [5.74, 6) is 0.663. The number of aliphatic hydroxyl groups is 1. The van der Waals surface area contributed by atoms with Crippen molar-refractivity contribution in [3.63, 3.8) is 0 Å². The Morgan fingerprint density at radius 1 is 1.15 bits per heavy atom. The van der Waals surface area contributed by atoms with Gasteiger partial charge in [-0.3, -0.25) is 0 Å². The van der Waals surface area contributed by atoms with Crippen molar-refractivity contribution in [2.75, 3.05) is 0 Å². The van der Waals surface area contributed by atoms with E-state index in [0.29, 0.717) is 22.4 Å². The van der Waals surface area contributed by atoms with Gasteiger partial charge in [-0.15, -0.1) is 0 Å². The van der Waals surface area contributed by atoms with Gasteiger partial charge in [0.05, 0.1) is 6.10 Å². The van der Waals surface area contributed by atoms with Crippen LogP contribution in [0.5, 0.6) is 5.75 Å². The van der Waals surface area contributed by atoms with Crippen LogP contribution in [0.1, 0.15) is 29.7 Å². The van der Waals surface area contributed by atoms with Crippen LogP contribution in [-0.4, -0.2) is 5.11 Å². The van der Waals surface area contributed by atoms with Gasteiger partial charge >= 0.3 is 0 Å². The van der Waals surface area contributed by atoms with Gasteiger partial charge in [0.2, 0.25) is 0 Å². The molecule has 0 saturated carbocycles. The largest absolute Gasteiger partial charge is 0.488 e. The first-order valence-electron chi connectivity index (χ1n) is 6.32. The van der Waals surface area contributed by atoms with Crippen LogP contribution < -0.4 is 4.74 Å². The van der Waals surface area contributed by atoms with Crippen molar-refractivity contribution in [3.05, 3.63) is 63.1 Å². The number of aliphatic hydroxyl groups excluding tert-OH is 1. The van der Waals surface area contributed by atoms with E-state index in [-0.39, 0.29) is 0 Å². The van der Waals surface area contributed by atoms with Crippen LogP contribution >= 0.6 is 23.2 Å². The van der Waals surface area contributed by atoms with Crippen LogP contribution in [-0.2, 0) is 6.61 Å². The summed E-state index contributed by atoms with van der Waals surface area (Å²) in [6.07, 6.45) is -0.583. The topological polar surface area (TPSA) is 29.5 Å². The number of ether oxygens (including phenoxy) is 1. The third kappa shape index (κ3) is 3.66. The summed E-state index contributed by atoms with van der Waals surface area (Å²) in [5.41, 5.74) is 2.65. The van der Waals surface area contributed by atoms with Crippen molar-refractivity contribution in [1.29, 1.82) is 0 Å². The molecule has 0 heterocycles. The first kappa shape index (κ1) is 15.2. The van der Waals surface area contributed by atoms with E-state index >= 15 is 0 Å². The van der Waals surface area contributed by atoms with Crippen molar-refractivity contribution in [2.45, 2.75) is 26.6 Å². The maximum atomic E-state index is 9.76. The highest BCUT2D eigenvalue weighted by Gasteiger charge is 2.10. The number of hydrogen-bond donors (Lipinski definition) is 1. The van der Waals surface area contributed by atoms with Crippen LogP contribution in [0.4, 0.5) is 0 Å². The quantitative estimate of drug-likeness (QED) is 0.867. The van der Waals surface area contributed by atoms with Gasteiger partial charge in [-0.25, -0.2) is 0 Å². The Bertz CT molecular complexity index is 609. The van der Waals surface area contributed by atoms with Crippen molar-refractivity contribution < 1.29 is 9.84 Å². The molecule has 0 aliphatic carbocycles. The molecule has 0 aliphatic rings. The Morgan fingerprint density at radius 3 is 2.60 bits per heavy atom. The number of rotatable bonds is 4. The lowest BCUT2D eigenvalue weighted by molar-refractivity contribution is 0.190. The van der Waals surface area contributed by atoms with E-state index in [2.05, 4.69) is 0 Å². The highest BCUT2D eigenvalue weighted by Crippen LogP contribution is 2.28. The predicted molar refractivity (Wildman–Crippen MR) is 82.6 cm³/mol. The molecule has 20 heavy (non-hydrogen) atoms. The second-order valence-corrected chi connectivity index (χ2v) is 5.59. The lowest BCUT2D eigenvalue weighted by Crippen LogP contribution is -2.02. The summed E-state index contributed by atoms with van der Waals surface area (Å²) in [7, 11) is 0. The van der Waals surface area contributed by atoms with Gasteiger partial charge in [-0.2, -0.15) is 0 Å². The third-order valence-electron chi connectivity index (χ3n) is 3.01. The molecule has 2 rings (SSSR count). The zero-order chi connectivity index (χ0) is 14.7. The molecule has 0 bridgehead atoms. The molecule has 0 aromatic heterocycles. The molecule has 0 fully saturated rings. The van der Waals surface area contributed by atoms with Gasteiger partial charge in [-0.05, 0) is 43.7 Å². The first-order valence-corrected chi connectivity index (χ1v) is 7.08. The zero-order valence-corrected chi connectivity index (χ0v) is 12.9. The minimum atomic E-state index is -0.583. The Morgan fingerprint density at radius 2 is 1.90 bits per heavy atom. The first-order chi connectivity index (χ1) is 9.47. The van der Waals surface area contributed by atoms with Crippen LogP contribution in [0.3, 0.4) is 0 Å². The molecule has 4 heteroatoms. The Balaban J connectivity index is 2.22. The van der Waals surface area contributed by atoms with Crippen LogP contribution in [0.25, 0.3) is 0 Å². The molecule has 0 spiro atoms. The predicted octanol–water partition coefficient (Wildman–Crippen LogP) is 4.93. The fraction of sp³-hybridized carbons (Fsp3) is 0.250. The van der Waals surface area contributed by atoms with Crippen molar-refractivity contribution >= 4 is 23.2 Å². The lowest BCUT2D eigenvalue weighted by Gasteiger charge is -2.15. The molecular formula is C16H16Cl2O2. The SMILES string of the molecule is Cc1ccc(C(C)O)c(OCc2cc(Cl)ccc2Cl)c1. The summed E-state index contributed by atoms with van der Waals surface area (Å²) in [5, 5.41) is 11.0. The van der Waals surface area contributed by atoms with Crippen LogP contribution in [0.2, 0.25) is 10.0 Å². The van der Waals surface area contributed by atoms with Gasteiger partial charge in [0.25, 0.3) is 0 Å². The van der Waals surface area contributed by atoms with E-state index in [4.69, 9.17) is 27.9 Å². The van der Waals surface area contributed by atoms with Crippen molar-refractivity contribution in [2.24, 2.45) is 0 Å². The van der Waals surface area contributed by atoms with E-state index in [1.807, 2.05) is 25.1 Å². The molecule has 0 radical (unpaired) electrons. The monoisotopic (exact) mass is 310 g/mol. The molecule has 0 aliphatic heterocycles. The fourth-order valence-corrected chi connectivity index (χ4v) is 2.29. The second-order valence-electron chi connectivity index (χ2n) is 4.74. The third-order valence-corrected chi connectivity index (χ3v) is 3.61. The molecule has 0 saturated heterocycles. The van der Waals surface area contributed by atoms with Crippen LogP contribution in [0.15, 0.2) is 36.4 Å². The number of benzene rings is 2. The maximum Gasteiger partial charge on any atom is 0.125 e. The summed E-state index contributed by atoms with van der Waals surface area (Å²) in [4.78, 5) is 0. The Hall–Kier alpha value is -1.22. The number of halogens is 2.